The Labute approximate surface area is 99.0 Å². The highest BCUT2D eigenvalue weighted by atomic mass is 35.5. The molecule has 0 saturated heterocycles. The van der Waals surface area contributed by atoms with Crippen LogP contribution in [0, 0.1) is 0 Å². The smallest absolute Gasteiger partial charge is 0.199 e. The second kappa shape index (κ2) is 3.27. The largest absolute Gasteiger partial charge is 0.332 e. The molecule has 0 amide bonds. The van der Waals surface area contributed by atoms with Gasteiger partial charge in [0, 0.05) is 7.05 Å². The highest BCUT2D eigenvalue weighted by Gasteiger charge is 2.15. The maximum absolute atomic E-state index is 6.04. The lowest BCUT2D eigenvalue weighted by Crippen LogP contribution is -2.05. The third-order valence-electron chi connectivity index (χ3n) is 2.29. The van der Waals surface area contributed by atoms with Crippen LogP contribution in [0.5, 0.6) is 0 Å². The van der Waals surface area contributed by atoms with Gasteiger partial charge in [0.15, 0.2) is 10.3 Å². The van der Waals surface area contributed by atoms with Crippen molar-refractivity contribution in [1.29, 1.82) is 0 Å². The minimum absolute atomic E-state index is 0.385. The molecule has 0 saturated carbocycles. The first kappa shape index (κ1) is 9.76. The van der Waals surface area contributed by atoms with Gasteiger partial charge in [0.1, 0.15) is 21.4 Å². The monoisotopic (exact) mass is 254 g/mol. The summed E-state index contributed by atoms with van der Waals surface area (Å²) < 4.78 is 1.87. The van der Waals surface area contributed by atoms with Crippen molar-refractivity contribution in [2.24, 2.45) is 12.9 Å². The van der Waals surface area contributed by atoms with E-state index in [9.17, 15) is 0 Å². The average Bonchev–Trinajstić information content (AvgIpc) is 2.82. The fourth-order valence-corrected chi connectivity index (χ4v) is 2.63. The maximum Gasteiger partial charge on any atom is 0.199 e. The fraction of sp³-hybridized carbons (Fsp3) is 0.125. The van der Waals surface area contributed by atoms with Crippen molar-refractivity contribution in [3.8, 4) is 0 Å². The summed E-state index contributed by atoms with van der Waals surface area (Å²) in [6, 6.07) is 0. The molecule has 0 aliphatic heterocycles. The molecule has 82 valence electrons. The Balaban J connectivity index is 2.55. The summed E-state index contributed by atoms with van der Waals surface area (Å²) in [5.74, 6) is 5.32. The molecule has 0 fully saturated rings. The molecule has 0 aromatic carbocycles. The minimum atomic E-state index is 0.385. The van der Waals surface area contributed by atoms with Crippen LogP contribution >= 0.6 is 22.9 Å². The lowest BCUT2D eigenvalue weighted by Gasteiger charge is -1.96. The van der Waals surface area contributed by atoms with Crippen molar-refractivity contribution in [2.75, 3.05) is 5.43 Å². The lowest BCUT2D eigenvalue weighted by atomic mass is 10.4. The van der Waals surface area contributed by atoms with E-state index >= 15 is 0 Å². The molecule has 3 aromatic rings. The van der Waals surface area contributed by atoms with Crippen molar-refractivity contribution < 1.29 is 0 Å². The summed E-state index contributed by atoms with van der Waals surface area (Å²) in [4.78, 5) is 13.5. The number of fused-ring (bicyclic) bond motifs is 3. The van der Waals surface area contributed by atoms with Gasteiger partial charge in [-0.05, 0) is 0 Å². The lowest BCUT2D eigenvalue weighted by molar-refractivity contribution is 0.949. The SMILES string of the molecule is Cn1cnc2c(Cl)nc3sc(NN)nc3c21. The zero-order valence-electron chi connectivity index (χ0n) is 8.23. The van der Waals surface area contributed by atoms with Gasteiger partial charge in [-0.3, -0.25) is 5.43 Å². The van der Waals surface area contributed by atoms with Gasteiger partial charge in [-0.1, -0.05) is 22.9 Å². The number of halogens is 1. The summed E-state index contributed by atoms with van der Waals surface area (Å²) in [6.45, 7) is 0. The molecule has 0 bridgehead atoms. The number of aromatic nitrogens is 4. The van der Waals surface area contributed by atoms with Crippen molar-refractivity contribution in [3.05, 3.63) is 11.5 Å². The van der Waals surface area contributed by atoms with E-state index in [1.54, 1.807) is 6.33 Å². The number of thiazole rings is 1. The Morgan fingerprint density at radius 1 is 1.44 bits per heavy atom. The van der Waals surface area contributed by atoms with Gasteiger partial charge in [-0.2, -0.15) is 0 Å². The van der Waals surface area contributed by atoms with Gasteiger partial charge in [-0.15, -0.1) is 0 Å². The number of nitrogens with zero attached hydrogens (tertiary/aromatic N) is 4. The second-order valence-electron chi connectivity index (χ2n) is 3.27. The molecular formula is C8H7ClN6S. The summed E-state index contributed by atoms with van der Waals surface area (Å²) in [5, 5.41) is 0.989. The highest BCUT2D eigenvalue weighted by Crippen LogP contribution is 2.32. The van der Waals surface area contributed by atoms with Crippen molar-refractivity contribution >= 4 is 49.4 Å². The zero-order chi connectivity index (χ0) is 11.3. The van der Waals surface area contributed by atoms with Crippen LogP contribution in [0.15, 0.2) is 6.33 Å². The van der Waals surface area contributed by atoms with Crippen molar-refractivity contribution in [2.45, 2.75) is 0 Å². The van der Waals surface area contributed by atoms with Gasteiger partial charge < -0.3 is 4.57 Å². The number of hydrazine groups is 1. The number of aryl methyl sites for hydroxylation is 1. The predicted molar refractivity (Wildman–Crippen MR) is 64.5 cm³/mol. The summed E-state index contributed by atoms with van der Waals surface area (Å²) in [6.07, 6.45) is 1.69. The van der Waals surface area contributed by atoms with E-state index in [2.05, 4.69) is 20.4 Å². The molecule has 3 N–H and O–H groups in total. The van der Waals surface area contributed by atoms with E-state index < -0.39 is 0 Å². The van der Waals surface area contributed by atoms with Crippen molar-refractivity contribution in [3.63, 3.8) is 0 Å². The van der Waals surface area contributed by atoms with Crippen LogP contribution < -0.4 is 11.3 Å². The first-order valence-electron chi connectivity index (χ1n) is 4.44. The zero-order valence-corrected chi connectivity index (χ0v) is 9.80. The first-order chi connectivity index (χ1) is 7.70. The molecule has 0 aliphatic carbocycles. The third kappa shape index (κ3) is 1.19. The number of anilines is 1. The number of nitrogens with one attached hydrogen (secondary N) is 1. The van der Waals surface area contributed by atoms with Crippen LogP contribution in [0.2, 0.25) is 5.15 Å². The Kier molecular flexibility index (Phi) is 2.00. The maximum atomic E-state index is 6.04. The van der Waals surface area contributed by atoms with E-state index in [-0.39, 0.29) is 0 Å². The molecule has 0 aliphatic rings. The standard InChI is InChI=1S/C8H7ClN6S/c1-15-2-11-3-5(15)4-7(13-6(3)9)16-8(12-4)14-10/h2H,10H2,1H3,(H,12,14). The molecule has 8 heteroatoms. The van der Waals surface area contributed by atoms with E-state index in [1.165, 1.54) is 11.3 Å². The molecule has 3 heterocycles. The van der Waals surface area contributed by atoms with Gasteiger partial charge in [-0.25, -0.2) is 20.8 Å². The molecule has 0 unspecified atom stereocenters. The molecular weight excluding hydrogens is 248 g/mol. The van der Waals surface area contributed by atoms with Crippen LogP contribution in [0.3, 0.4) is 0 Å². The number of imidazole rings is 1. The molecule has 6 nitrogen and oxygen atoms in total. The fourth-order valence-electron chi connectivity index (χ4n) is 1.61. The number of hydrogen-bond donors (Lipinski definition) is 2. The predicted octanol–water partition coefficient (Wildman–Crippen LogP) is 1.52. The number of rotatable bonds is 1. The molecule has 0 radical (unpaired) electrons. The summed E-state index contributed by atoms with van der Waals surface area (Å²) >= 11 is 7.40. The Morgan fingerprint density at radius 3 is 3.00 bits per heavy atom. The minimum Gasteiger partial charge on any atom is -0.332 e. The topological polar surface area (TPSA) is 81.7 Å². The molecule has 3 rings (SSSR count). The summed E-state index contributed by atoms with van der Waals surface area (Å²) in [5.41, 5.74) is 4.79. The van der Waals surface area contributed by atoms with Crippen LogP contribution in [-0.2, 0) is 7.05 Å². The van der Waals surface area contributed by atoms with E-state index in [0.29, 0.717) is 15.8 Å². The van der Waals surface area contributed by atoms with Crippen molar-refractivity contribution in [1.82, 2.24) is 19.5 Å². The molecule has 16 heavy (non-hydrogen) atoms. The Hall–Kier alpha value is -1.44. The molecule has 0 spiro atoms. The highest BCUT2D eigenvalue weighted by molar-refractivity contribution is 7.21. The van der Waals surface area contributed by atoms with Crippen LogP contribution in [0.4, 0.5) is 5.13 Å². The second-order valence-corrected chi connectivity index (χ2v) is 4.61. The number of nitrogens with two attached hydrogens (primary N) is 1. The van der Waals surface area contributed by atoms with Crippen LogP contribution in [0.25, 0.3) is 21.4 Å². The van der Waals surface area contributed by atoms with Gasteiger partial charge in [0.25, 0.3) is 0 Å². The number of pyridine rings is 1. The normalized spacial score (nSPS) is 11.4. The Morgan fingerprint density at radius 2 is 2.25 bits per heavy atom. The average molecular weight is 255 g/mol. The number of hydrogen-bond acceptors (Lipinski definition) is 6. The van der Waals surface area contributed by atoms with E-state index in [4.69, 9.17) is 17.4 Å². The first-order valence-corrected chi connectivity index (χ1v) is 5.64. The third-order valence-corrected chi connectivity index (χ3v) is 3.43. The van der Waals surface area contributed by atoms with Gasteiger partial charge in [0.2, 0.25) is 0 Å². The van der Waals surface area contributed by atoms with Gasteiger partial charge in [0.05, 0.1) is 6.33 Å². The van der Waals surface area contributed by atoms with Crippen LogP contribution in [-0.4, -0.2) is 19.5 Å². The summed E-state index contributed by atoms with van der Waals surface area (Å²) in [7, 11) is 1.89. The van der Waals surface area contributed by atoms with E-state index in [0.717, 1.165) is 15.9 Å². The molecule has 0 atom stereocenters. The quantitative estimate of drug-likeness (QED) is 0.391. The van der Waals surface area contributed by atoms with Crippen LogP contribution in [0.1, 0.15) is 0 Å². The number of nitrogen functional groups attached to an aromatic ring is 1. The van der Waals surface area contributed by atoms with E-state index in [1.807, 2.05) is 11.6 Å². The Bertz CT molecular complexity index is 687. The molecule has 3 aromatic heterocycles. The van der Waals surface area contributed by atoms with Gasteiger partial charge >= 0.3 is 0 Å².